The number of rotatable bonds is 3. The smallest absolute Gasteiger partial charge is 0.254 e. The number of nitrogens with two attached hydrogens (primary N) is 1. The van der Waals surface area contributed by atoms with Crippen LogP contribution in [0.4, 0.5) is 0 Å². The number of primary amides is 1. The molecule has 0 aliphatic heterocycles. The normalized spacial score (nSPS) is 17.4. The van der Waals surface area contributed by atoms with Gasteiger partial charge in [-0.25, -0.2) is 0 Å². The van der Waals surface area contributed by atoms with Crippen molar-refractivity contribution in [3.05, 3.63) is 17.5 Å². The van der Waals surface area contributed by atoms with Crippen LogP contribution in [0.5, 0.6) is 0 Å². The maximum Gasteiger partial charge on any atom is 0.254 e. The topological polar surface area (TPSA) is 69.1 Å². The van der Waals surface area contributed by atoms with E-state index in [0.29, 0.717) is 17.2 Å². The van der Waals surface area contributed by atoms with Crippen molar-refractivity contribution in [3.8, 4) is 0 Å². The minimum atomic E-state index is -0.501. The van der Waals surface area contributed by atoms with Crippen LogP contribution >= 0.6 is 0 Å². The minimum absolute atomic E-state index is 0.317. The van der Waals surface area contributed by atoms with Crippen molar-refractivity contribution in [2.75, 3.05) is 0 Å². The van der Waals surface area contributed by atoms with E-state index in [9.17, 15) is 4.79 Å². The van der Waals surface area contributed by atoms with Crippen molar-refractivity contribution in [1.82, 2.24) is 5.16 Å². The van der Waals surface area contributed by atoms with Crippen LogP contribution < -0.4 is 5.73 Å². The van der Waals surface area contributed by atoms with Crippen LogP contribution in [0.15, 0.2) is 4.52 Å². The molecule has 1 amide bonds. The number of carbonyl (C=O) groups excluding carboxylic acids is 1. The molecular formula is C10H13N2O2. The molecule has 4 heteroatoms. The summed E-state index contributed by atoms with van der Waals surface area (Å²) in [5.41, 5.74) is 6.15. The van der Waals surface area contributed by atoms with Gasteiger partial charge in [-0.3, -0.25) is 4.79 Å². The van der Waals surface area contributed by atoms with Crippen LogP contribution in [0.3, 0.4) is 0 Å². The van der Waals surface area contributed by atoms with Gasteiger partial charge in [0, 0.05) is 0 Å². The summed E-state index contributed by atoms with van der Waals surface area (Å²) in [5.74, 6) is 0.130. The molecule has 1 heterocycles. The summed E-state index contributed by atoms with van der Waals surface area (Å²) in [7, 11) is 0. The lowest BCUT2D eigenvalue weighted by atomic mass is 10.00. The lowest BCUT2D eigenvalue weighted by molar-refractivity contribution is 0.0998. The van der Waals surface area contributed by atoms with Gasteiger partial charge >= 0.3 is 0 Å². The van der Waals surface area contributed by atoms with Crippen molar-refractivity contribution in [2.45, 2.75) is 32.1 Å². The van der Waals surface area contributed by atoms with Crippen LogP contribution in [0.1, 0.15) is 41.7 Å². The number of amides is 1. The van der Waals surface area contributed by atoms with Gasteiger partial charge in [-0.15, -0.1) is 0 Å². The first-order valence-electron chi connectivity index (χ1n) is 4.93. The van der Waals surface area contributed by atoms with Gasteiger partial charge in [-0.05, 0) is 12.3 Å². The minimum Gasteiger partial charge on any atom is -0.365 e. The van der Waals surface area contributed by atoms with Crippen LogP contribution in [0, 0.1) is 12.2 Å². The van der Waals surface area contributed by atoms with E-state index in [1.807, 2.05) is 0 Å². The van der Waals surface area contributed by atoms with Gasteiger partial charge in [0.15, 0.2) is 0 Å². The third-order valence-corrected chi connectivity index (χ3v) is 2.80. The Morgan fingerprint density at radius 1 is 1.57 bits per heavy atom. The average molecular weight is 193 g/mol. The summed E-state index contributed by atoms with van der Waals surface area (Å²) in [6, 6.07) is 0. The maximum atomic E-state index is 10.9. The van der Waals surface area contributed by atoms with Gasteiger partial charge in [0.2, 0.25) is 6.26 Å². The molecule has 2 rings (SSSR count). The highest BCUT2D eigenvalue weighted by atomic mass is 16.5. The summed E-state index contributed by atoms with van der Waals surface area (Å²) >= 11 is 0. The third-order valence-electron chi connectivity index (χ3n) is 2.80. The highest BCUT2D eigenvalue weighted by Gasteiger charge is 2.21. The first-order chi connectivity index (χ1) is 6.77. The van der Waals surface area contributed by atoms with Gasteiger partial charge in [0.1, 0.15) is 5.56 Å². The summed E-state index contributed by atoms with van der Waals surface area (Å²) in [5, 5.41) is 3.77. The molecule has 0 unspecified atom stereocenters. The molecule has 14 heavy (non-hydrogen) atoms. The molecule has 0 bridgehead atoms. The van der Waals surface area contributed by atoms with Crippen LogP contribution in [-0.2, 0) is 6.42 Å². The van der Waals surface area contributed by atoms with Gasteiger partial charge < -0.3 is 10.3 Å². The number of hydrogen-bond donors (Lipinski definition) is 1. The van der Waals surface area contributed by atoms with Crippen molar-refractivity contribution in [3.63, 3.8) is 0 Å². The summed E-state index contributed by atoms with van der Waals surface area (Å²) < 4.78 is 4.64. The van der Waals surface area contributed by atoms with Crippen molar-refractivity contribution < 1.29 is 9.32 Å². The molecule has 1 aliphatic carbocycles. The Morgan fingerprint density at radius 3 is 2.93 bits per heavy atom. The van der Waals surface area contributed by atoms with Gasteiger partial charge in [0.05, 0.1) is 5.69 Å². The van der Waals surface area contributed by atoms with E-state index in [0.717, 1.165) is 6.42 Å². The lowest BCUT2D eigenvalue weighted by Crippen LogP contribution is -2.14. The monoisotopic (exact) mass is 193 g/mol. The van der Waals surface area contributed by atoms with E-state index in [1.165, 1.54) is 25.7 Å². The SMILES string of the molecule is NC(=O)c1[c]onc1CC1CCCC1. The largest absolute Gasteiger partial charge is 0.365 e. The molecule has 1 fully saturated rings. The summed E-state index contributed by atoms with van der Waals surface area (Å²) in [4.78, 5) is 10.9. The molecule has 1 aromatic rings. The van der Waals surface area contributed by atoms with E-state index in [2.05, 4.69) is 15.9 Å². The predicted octanol–water partition coefficient (Wildman–Crippen LogP) is 1.31. The maximum absolute atomic E-state index is 10.9. The number of aromatic nitrogens is 1. The third kappa shape index (κ3) is 1.78. The first-order valence-corrected chi connectivity index (χ1v) is 4.93. The zero-order chi connectivity index (χ0) is 9.97. The molecule has 0 atom stereocenters. The molecule has 1 aromatic heterocycles. The number of nitrogens with zero attached hydrogens (tertiary/aromatic N) is 1. The van der Waals surface area contributed by atoms with E-state index < -0.39 is 5.91 Å². The molecule has 0 spiro atoms. The molecular weight excluding hydrogens is 180 g/mol. The Kier molecular flexibility index (Phi) is 2.52. The van der Waals surface area contributed by atoms with E-state index in [1.54, 1.807) is 0 Å². The molecule has 1 saturated carbocycles. The fourth-order valence-corrected chi connectivity index (χ4v) is 2.05. The fraction of sp³-hybridized carbons (Fsp3) is 0.600. The van der Waals surface area contributed by atoms with Crippen LogP contribution in [0.25, 0.3) is 0 Å². The summed E-state index contributed by atoms with van der Waals surface area (Å²) in [6.45, 7) is 0. The van der Waals surface area contributed by atoms with Gasteiger partial charge in [0.25, 0.3) is 5.91 Å². The van der Waals surface area contributed by atoms with E-state index in [-0.39, 0.29) is 0 Å². The zero-order valence-electron chi connectivity index (χ0n) is 7.95. The molecule has 4 nitrogen and oxygen atoms in total. The highest BCUT2D eigenvalue weighted by Crippen LogP contribution is 2.28. The standard InChI is InChI=1S/C10H13N2O2/c11-10(13)8-6-14-12-9(8)5-7-3-1-2-4-7/h7H,1-5H2,(H2,11,13). The molecule has 0 aromatic carbocycles. The zero-order valence-corrected chi connectivity index (χ0v) is 7.95. The Balaban J connectivity index is 2.07. The van der Waals surface area contributed by atoms with E-state index >= 15 is 0 Å². The molecule has 75 valence electrons. The van der Waals surface area contributed by atoms with Gasteiger partial charge in [-0.2, -0.15) is 0 Å². The Bertz CT molecular complexity index is 327. The second kappa shape index (κ2) is 3.82. The first kappa shape index (κ1) is 9.24. The average Bonchev–Trinajstić information content (AvgIpc) is 2.75. The van der Waals surface area contributed by atoms with Gasteiger partial charge in [-0.1, -0.05) is 30.8 Å². The summed E-state index contributed by atoms with van der Waals surface area (Å²) in [6.07, 6.45) is 8.19. The van der Waals surface area contributed by atoms with Crippen molar-refractivity contribution >= 4 is 5.91 Å². The Morgan fingerprint density at radius 2 is 2.29 bits per heavy atom. The number of carbonyl (C=O) groups is 1. The molecule has 1 radical (unpaired) electrons. The Hall–Kier alpha value is -1.32. The van der Waals surface area contributed by atoms with Crippen LogP contribution in [0.2, 0.25) is 0 Å². The van der Waals surface area contributed by atoms with E-state index in [4.69, 9.17) is 5.73 Å². The highest BCUT2D eigenvalue weighted by molar-refractivity contribution is 5.93. The predicted molar refractivity (Wildman–Crippen MR) is 49.5 cm³/mol. The molecule has 0 saturated heterocycles. The second-order valence-electron chi connectivity index (χ2n) is 3.83. The quantitative estimate of drug-likeness (QED) is 0.786. The second-order valence-corrected chi connectivity index (χ2v) is 3.83. The molecule has 2 N–H and O–H groups in total. The van der Waals surface area contributed by atoms with Crippen molar-refractivity contribution in [2.24, 2.45) is 11.7 Å². The lowest BCUT2D eigenvalue weighted by Gasteiger charge is -2.05. The Labute approximate surface area is 82.4 Å². The molecule has 1 aliphatic rings. The number of hydrogen-bond acceptors (Lipinski definition) is 3. The fourth-order valence-electron chi connectivity index (χ4n) is 2.05. The van der Waals surface area contributed by atoms with Crippen LogP contribution in [-0.4, -0.2) is 11.1 Å². The van der Waals surface area contributed by atoms with Crippen molar-refractivity contribution in [1.29, 1.82) is 0 Å².